The first kappa shape index (κ1) is 12.9. The summed E-state index contributed by atoms with van der Waals surface area (Å²) in [7, 11) is 0. The summed E-state index contributed by atoms with van der Waals surface area (Å²) in [6.07, 6.45) is 2.75. The molecule has 0 bridgehead atoms. The van der Waals surface area contributed by atoms with Gasteiger partial charge in [0.1, 0.15) is 0 Å². The number of hydrogen-bond acceptors (Lipinski definition) is 3. The van der Waals surface area contributed by atoms with Crippen LogP contribution in [-0.4, -0.2) is 16.0 Å². The van der Waals surface area contributed by atoms with Crippen LogP contribution in [0.4, 0.5) is 5.69 Å². The van der Waals surface area contributed by atoms with Gasteiger partial charge in [-0.25, -0.2) is 0 Å². The Balaban J connectivity index is 3.17. The molecule has 1 rings (SSSR count). The van der Waals surface area contributed by atoms with E-state index in [1.165, 1.54) is 18.2 Å². The SMILES string of the molecule is Cc1cc(C)c(C=CCC(=O)O)c([N+](=O)[O-])c1. The maximum atomic E-state index is 10.9. The molecule has 0 saturated carbocycles. The summed E-state index contributed by atoms with van der Waals surface area (Å²) in [6.45, 7) is 3.55. The van der Waals surface area contributed by atoms with Gasteiger partial charge in [-0.3, -0.25) is 14.9 Å². The Bertz CT molecular complexity index is 492. The molecule has 0 fully saturated rings. The van der Waals surface area contributed by atoms with E-state index in [0.29, 0.717) is 5.56 Å². The van der Waals surface area contributed by atoms with E-state index in [9.17, 15) is 14.9 Å². The van der Waals surface area contributed by atoms with Crippen LogP contribution in [0, 0.1) is 24.0 Å². The molecular formula is C12H13NO4. The van der Waals surface area contributed by atoms with Crippen molar-refractivity contribution < 1.29 is 14.8 Å². The van der Waals surface area contributed by atoms with Crippen LogP contribution >= 0.6 is 0 Å². The molecule has 0 radical (unpaired) electrons. The third-order valence-electron chi connectivity index (χ3n) is 2.28. The van der Waals surface area contributed by atoms with Crippen molar-refractivity contribution in [1.29, 1.82) is 0 Å². The van der Waals surface area contributed by atoms with Crippen molar-refractivity contribution in [3.63, 3.8) is 0 Å². The van der Waals surface area contributed by atoms with E-state index in [-0.39, 0.29) is 12.1 Å². The molecule has 0 heterocycles. The Hall–Kier alpha value is -2.17. The maximum absolute atomic E-state index is 10.9. The molecule has 0 aliphatic carbocycles. The van der Waals surface area contributed by atoms with E-state index in [1.807, 2.05) is 6.07 Å². The van der Waals surface area contributed by atoms with Gasteiger partial charge < -0.3 is 5.11 Å². The van der Waals surface area contributed by atoms with Crippen LogP contribution in [0.5, 0.6) is 0 Å². The molecule has 0 atom stereocenters. The average molecular weight is 235 g/mol. The number of hydrogen-bond donors (Lipinski definition) is 1. The van der Waals surface area contributed by atoms with Crippen molar-refractivity contribution >= 4 is 17.7 Å². The second-order valence-corrected chi connectivity index (χ2v) is 3.77. The van der Waals surface area contributed by atoms with Gasteiger partial charge >= 0.3 is 5.97 Å². The van der Waals surface area contributed by atoms with Gasteiger partial charge in [0.05, 0.1) is 16.9 Å². The zero-order valence-corrected chi connectivity index (χ0v) is 9.64. The van der Waals surface area contributed by atoms with Crippen LogP contribution < -0.4 is 0 Å². The highest BCUT2D eigenvalue weighted by molar-refractivity contribution is 5.72. The number of carbonyl (C=O) groups is 1. The highest BCUT2D eigenvalue weighted by Gasteiger charge is 2.14. The summed E-state index contributed by atoms with van der Waals surface area (Å²) in [5.74, 6) is -0.964. The van der Waals surface area contributed by atoms with Crippen molar-refractivity contribution in [3.05, 3.63) is 45.0 Å². The Morgan fingerprint density at radius 3 is 2.65 bits per heavy atom. The molecule has 0 spiro atoms. The summed E-state index contributed by atoms with van der Waals surface area (Å²) >= 11 is 0. The molecule has 5 nitrogen and oxygen atoms in total. The number of nitro groups is 1. The smallest absolute Gasteiger partial charge is 0.307 e. The van der Waals surface area contributed by atoms with Gasteiger partial charge in [0.15, 0.2) is 0 Å². The van der Waals surface area contributed by atoms with Crippen molar-refractivity contribution in [1.82, 2.24) is 0 Å². The standard InChI is InChI=1S/C12H13NO4/c1-8-6-9(2)10(4-3-5-12(14)15)11(7-8)13(16)17/h3-4,6-7H,5H2,1-2H3,(H,14,15). The molecule has 0 aliphatic rings. The fourth-order valence-corrected chi connectivity index (χ4v) is 1.60. The van der Waals surface area contributed by atoms with Crippen LogP contribution in [0.3, 0.4) is 0 Å². The number of aliphatic carboxylic acids is 1. The lowest BCUT2D eigenvalue weighted by Crippen LogP contribution is -1.96. The lowest BCUT2D eigenvalue weighted by molar-refractivity contribution is -0.385. The molecule has 5 heteroatoms. The number of rotatable bonds is 4. The van der Waals surface area contributed by atoms with Gasteiger partial charge in [0.25, 0.3) is 5.69 Å². The largest absolute Gasteiger partial charge is 0.481 e. The second-order valence-electron chi connectivity index (χ2n) is 3.77. The first-order valence-corrected chi connectivity index (χ1v) is 5.05. The van der Waals surface area contributed by atoms with Gasteiger partial charge in [0, 0.05) is 6.07 Å². The topological polar surface area (TPSA) is 80.4 Å². The molecular weight excluding hydrogens is 222 g/mol. The molecule has 0 aliphatic heterocycles. The fraction of sp³-hybridized carbons (Fsp3) is 0.250. The van der Waals surface area contributed by atoms with Crippen molar-refractivity contribution in [2.75, 3.05) is 0 Å². The third-order valence-corrected chi connectivity index (χ3v) is 2.28. The van der Waals surface area contributed by atoms with E-state index in [4.69, 9.17) is 5.11 Å². The molecule has 1 aromatic carbocycles. The number of nitro benzene ring substituents is 1. The minimum atomic E-state index is -0.964. The molecule has 1 aromatic rings. The number of benzene rings is 1. The molecule has 1 N–H and O–H groups in total. The quantitative estimate of drug-likeness (QED) is 0.642. The average Bonchev–Trinajstić information content (AvgIpc) is 2.19. The third kappa shape index (κ3) is 3.41. The Morgan fingerprint density at radius 1 is 1.47 bits per heavy atom. The number of nitrogens with zero attached hydrogens (tertiary/aromatic N) is 1. The normalized spacial score (nSPS) is 10.7. The Morgan fingerprint density at radius 2 is 2.12 bits per heavy atom. The van der Waals surface area contributed by atoms with Gasteiger partial charge in [-0.1, -0.05) is 18.2 Å². The Labute approximate surface area is 98.5 Å². The van der Waals surface area contributed by atoms with Crippen LogP contribution in [0.2, 0.25) is 0 Å². The van der Waals surface area contributed by atoms with Gasteiger partial charge in [-0.05, 0) is 25.0 Å². The van der Waals surface area contributed by atoms with Crippen LogP contribution in [0.1, 0.15) is 23.1 Å². The fourth-order valence-electron chi connectivity index (χ4n) is 1.60. The lowest BCUT2D eigenvalue weighted by atomic mass is 10.0. The van der Waals surface area contributed by atoms with E-state index >= 15 is 0 Å². The van der Waals surface area contributed by atoms with E-state index in [0.717, 1.165) is 11.1 Å². The van der Waals surface area contributed by atoms with E-state index < -0.39 is 10.9 Å². The van der Waals surface area contributed by atoms with Gasteiger partial charge in [-0.15, -0.1) is 0 Å². The number of aryl methyl sites for hydroxylation is 2. The number of carboxylic acids is 1. The number of carboxylic acid groups (broad SMARTS) is 1. The summed E-state index contributed by atoms with van der Waals surface area (Å²) in [6, 6.07) is 3.31. The molecule has 0 aromatic heterocycles. The molecule has 0 unspecified atom stereocenters. The maximum Gasteiger partial charge on any atom is 0.307 e. The van der Waals surface area contributed by atoms with Crippen LogP contribution in [0.15, 0.2) is 18.2 Å². The summed E-state index contributed by atoms with van der Waals surface area (Å²) in [5, 5.41) is 19.4. The zero-order chi connectivity index (χ0) is 13.0. The second kappa shape index (κ2) is 5.25. The van der Waals surface area contributed by atoms with Gasteiger partial charge in [0.2, 0.25) is 0 Å². The highest BCUT2D eigenvalue weighted by atomic mass is 16.6. The first-order chi connectivity index (χ1) is 7.91. The molecule has 17 heavy (non-hydrogen) atoms. The van der Waals surface area contributed by atoms with Crippen LogP contribution in [0.25, 0.3) is 6.08 Å². The van der Waals surface area contributed by atoms with Crippen molar-refractivity contribution in [2.24, 2.45) is 0 Å². The van der Waals surface area contributed by atoms with Gasteiger partial charge in [-0.2, -0.15) is 0 Å². The predicted octanol–water partition coefficient (Wildman–Crippen LogP) is 2.70. The van der Waals surface area contributed by atoms with E-state index in [2.05, 4.69) is 0 Å². The highest BCUT2D eigenvalue weighted by Crippen LogP contribution is 2.25. The Kier molecular flexibility index (Phi) is 3.98. The molecule has 90 valence electrons. The summed E-state index contributed by atoms with van der Waals surface area (Å²) < 4.78 is 0. The zero-order valence-electron chi connectivity index (χ0n) is 9.64. The lowest BCUT2D eigenvalue weighted by Gasteiger charge is -2.03. The molecule has 0 amide bonds. The van der Waals surface area contributed by atoms with Crippen molar-refractivity contribution in [2.45, 2.75) is 20.3 Å². The van der Waals surface area contributed by atoms with Crippen LogP contribution in [-0.2, 0) is 4.79 Å². The monoisotopic (exact) mass is 235 g/mol. The summed E-state index contributed by atoms with van der Waals surface area (Å²) in [5.41, 5.74) is 2.04. The minimum Gasteiger partial charge on any atom is -0.481 e. The predicted molar refractivity (Wildman–Crippen MR) is 63.9 cm³/mol. The van der Waals surface area contributed by atoms with Crippen molar-refractivity contribution in [3.8, 4) is 0 Å². The molecule has 0 saturated heterocycles. The summed E-state index contributed by atoms with van der Waals surface area (Å²) in [4.78, 5) is 20.8. The first-order valence-electron chi connectivity index (χ1n) is 5.05. The van der Waals surface area contributed by atoms with E-state index in [1.54, 1.807) is 13.8 Å². The minimum absolute atomic E-state index is 0.00383.